The highest BCUT2D eigenvalue weighted by molar-refractivity contribution is 6.31. The van der Waals surface area contributed by atoms with Gasteiger partial charge in [0.1, 0.15) is 5.76 Å². The number of carbonyl (C=O) groups excluding carboxylic acids is 1. The van der Waals surface area contributed by atoms with Crippen LogP contribution in [0.25, 0.3) is 16.9 Å². The van der Waals surface area contributed by atoms with Crippen molar-refractivity contribution < 1.29 is 14.3 Å². The van der Waals surface area contributed by atoms with Gasteiger partial charge in [0.2, 0.25) is 0 Å². The largest absolute Gasteiger partial charge is 0.464 e. The molecule has 0 radical (unpaired) electrons. The summed E-state index contributed by atoms with van der Waals surface area (Å²) in [5.74, 6) is 0.603. The minimum atomic E-state index is -0.155. The Kier molecular flexibility index (Phi) is 3.84. The van der Waals surface area contributed by atoms with Gasteiger partial charge in [0.25, 0.3) is 5.91 Å². The molecule has 2 heterocycles. The minimum absolute atomic E-state index is 0.0229. The number of benzene rings is 2. The van der Waals surface area contributed by atoms with Gasteiger partial charge in [-0.2, -0.15) is 0 Å². The average Bonchev–Trinajstić information content (AvgIpc) is 3.27. The van der Waals surface area contributed by atoms with E-state index in [1.54, 1.807) is 12.5 Å². The lowest BCUT2D eigenvalue weighted by Gasteiger charge is -2.05. The molecule has 0 spiro atoms. The van der Waals surface area contributed by atoms with Gasteiger partial charge in [-0.05, 0) is 35.9 Å². The maximum atomic E-state index is 12.3. The smallest absolute Gasteiger partial charge is 0.257 e. The van der Waals surface area contributed by atoms with Gasteiger partial charge >= 0.3 is 0 Å². The molecule has 0 unspecified atom stereocenters. The Labute approximate surface area is 144 Å². The molecule has 124 valence electrons. The van der Waals surface area contributed by atoms with E-state index in [2.05, 4.69) is 10.6 Å². The predicted octanol–water partition coefficient (Wildman–Crippen LogP) is 3.84. The van der Waals surface area contributed by atoms with Crippen LogP contribution in [0, 0.1) is 0 Å². The normalized spacial score (nSPS) is 14.4. The summed E-state index contributed by atoms with van der Waals surface area (Å²) in [7, 11) is 0. The number of nitrogens with one attached hydrogen (secondary N) is 2. The second-order valence-electron chi connectivity index (χ2n) is 5.75. The van der Waals surface area contributed by atoms with Gasteiger partial charge in [-0.1, -0.05) is 24.3 Å². The molecule has 0 fully saturated rings. The van der Waals surface area contributed by atoms with Crippen molar-refractivity contribution in [1.82, 2.24) is 0 Å². The third-order valence-corrected chi connectivity index (χ3v) is 4.10. The lowest BCUT2D eigenvalue weighted by molar-refractivity contribution is -0.110. The van der Waals surface area contributed by atoms with E-state index in [0.717, 1.165) is 33.8 Å². The van der Waals surface area contributed by atoms with E-state index in [4.69, 9.17) is 4.42 Å². The van der Waals surface area contributed by atoms with E-state index in [-0.39, 0.29) is 12.5 Å². The summed E-state index contributed by atoms with van der Waals surface area (Å²) in [4.78, 5) is 12.3. The standard InChI is InChI=1S/C20H16N2O3/c23-12-13-3-1-4-15(9-13)21-11-17-16-7-6-14(19-5-2-8-25-19)10-18(16)22-20(17)24/h1-11,21,23H,12H2,(H,22,24)/b17-11+. The van der Waals surface area contributed by atoms with E-state index in [1.165, 1.54) is 0 Å². The highest BCUT2D eigenvalue weighted by Gasteiger charge is 2.24. The van der Waals surface area contributed by atoms with Gasteiger partial charge in [0, 0.05) is 28.7 Å². The summed E-state index contributed by atoms with van der Waals surface area (Å²) in [5, 5.41) is 15.2. The predicted molar refractivity (Wildman–Crippen MR) is 96.7 cm³/mol. The number of fused-ring (bicyclic) bond motifs is 1. The topological polar surface area (TPSA) is 74.5 Å². The number of furan rings is 1. The van der Waals surface area contributed by atoms with Gasteiger partial charge < -0.3 is 20.2 Å². The van der Waals surface area contributed by atoms with Crippen molar-refractivity contribution in [2.24, 2.45) is 0 Å². The van der Waals surface area contributed by atoms with Crippen LogP contribution in [0.4, 0.5) is 11.4 Å². The van der Waals surface area contributed by atoms with Crippen LogP contribution in [-0.2, 0) is 11.4 Å². The quantitative estimate of drug-likeness (QED) is 0.635. The zero-order chi connectivity index (χ0) is 17.2. The third-order valence-electron chi connectivity index (χ3n) is 4.10. The Morgan fingerprint density at radius 2 is 2.04 bits per heavy atom. The van der Waals surface area contributed by atoms with Crippen molar-refractivity contribution in [3.8, 4) is 11.3 Å². The molecular weight excluding hydrogens is 316 g/mol. The molecule has 1 aliphatic heterocycles. The molecule has 0 bridgehead atoms. The number of aliphatic hydroxyl groups excluding tert-OH is 1. The highest BCUT2D eigenvalue weighted by Crippen LogP contribution is 2.35. The molecule has 5 nitrogen and oxygen atoms in total. The van der Waals surface area contributed by atoms with Crippen molar-refractivity contribution in [3.05, 3.63) is 78.2 Å². The molecule has 0 aliphatic carbocycles. The van der Waals surface area contributed by atoms with Crippen LogP contribution in [0.5, 0.6) is 0 Å². The van der Waals surface area contributed by atoms with E-state index in [1.807, 2.05) is 54.6 Å². The van der Waals surface area contributed by atoms with E-state index < -0.39 is 0 Å². The molecule has 1 amide bonds. The monoisotopic (exact) mass is 332 g/mol. The molecule has 1 aromatic heterocycles. The molecule has 25 heavy (non-hydrogen) atoms. The SMILES string of the molecule is O=C1Nc2cc(-c3ccco3)ccc2/C1=C\Nc1cccc(CO)c1. The first-order chi connectivity index (χ1) is 12.2. The second-order valence-corrected chi connectivity index (χ2v) is 5.75. The van der Waals surface area contributed by atoms with Crippen molar-refractivity contribution in [2.45, 2.75) is 6.61 Å². The number of anilines is 2. The number of hydrogen-bond acceptors (Lipinski definition) is 4. The summed E-state index contributed by atoms with van der Waals surface area (Å²) in [6.45, 7) is -0.0229. The molecule has 3 aromatic rings. The fourth-order valence-corrected chi connectivity index (χ4v) is 2.85. The lowest BCUT2D eigenvalue weighted by Crippen LogP contribution is -2.05. The summed E-state index contributed by atoms with van der Waals surface area (Å²) in [6, 6.07) is 16.9. The molecule has 0 saturated carbocycles. The Morgan fingerprint density at radius 1 is 1.12 bits per heavy atom. The van der Waals surface area contributed by atoms with E-state index in [9.17, 15) is 9.90 Å². The average molecular weight is 332 g/mol. The Bertz CT molecular complexity index is 959. The molecule has 2 aromatic carbocycles. The van der Waals surface area contributed by atoms with Crippen LogP contribution < -0.4 is 10.6 Å². The summed E-state index contributed by atoms with van der Waals surface area (Å²) in [5.41, 5.74) is 4.70. The van der Waals surface area contributed by atoms with Crippen molar-refractivity contribution in [2.75, 3.05) is 10.6 Å². The van der Waals surface area contributed by atoms with E-state index >= 15 is 0 Å². The molecule has 0 saturated heterocycles. The lowest BCUT2D eigenvalue weighted by atomic mass is 10.0. The molecule has 0 atom stereocenters. The van der Waals surface area contributed by atoms with Crippen LogP contribution in [0.3, 0.4) is 0 Å². The number of hydrogen-bond donors (Lipinski definition) is 3. The molecular formula is C20H16N2O3. The summed E-state index contributed by atoms with van der Waals surface area (Å²) >= 11 is 0. The van der Waals surface area contributed by atoms with E-state index in [0.29, 0.717) is 5.57 Å². The number of carbonyl (C=O) groups is 1. The molecule has 1 aliphatic rings. The van der Waals surface area contributed by atoms with Crippen LogP contribution in [0.1, 0.15) is 11.1 Å². The van der Waals surface area contributed by atoms with Crippen LogP contribution in [-0.4, -0.2) is 11.0 Å². The molecule has 3 N–H and O–H groups in total. The number of rotatable bonds is 4. The molecule has 5 heteroatoms. The minimum Gasteiger partial charge on any atom is -0.464 e. The van der Waals surface area contributed by atoms with Crippen LogP contribution in [0.15, 0.2) is 71.5 Å². The molecule has 4 rings (SSSR count). The second kappa shape index (κ2) is 6.30. The fraction of sp³-hybridized carbons (Fsp3) is 0.0500. The zero-order valence-corrected chi connectivity index (χ0v) is 13.3. The number of amides is 1. The zero-order valence-electron chi connectivity index (χ0n) is 13.3. The Balaban J connectivity index is 1.63. The first-order valence-electron chi connectivity index (χ1n) is 7.91. The van der Waals surface area contributed by atoms with Gasteiger partial charge in [-0.25, -0.2) is 0 Å². The maximum absolute atomic E-state index is 12.3. The third kappa shape index (κ3) is 2.93. The first-order valence-corrected chi connectivity index (χ1v) is 7.91. The first kappa shape index (κ1) is 15.2. The van der Waals surface area contributed by atoms with Crippen molar-refractivity contribution >= 4 is 22.9 Å². The van der Waals surface area contributed by atoms with Gasteiger partial charge in [-0.3, -0.25) is 4.79 Å². The highest BCUT2D eigenvalue weighted by atomic mass is 16.3. The van der Waals surface area contributed by atoms with Crippen LogP contribution >= 0.6 is 0 Å². The van der Waals surface area contributed by atoms with Gasteiger partial charge in [0.05, 0.1) is 18.4 Å². The Hall–Kier alpha value is -3.31. The van der Waals surface area contributed by atoms with Crippen molar-refractivity contribution in [3.63, 3.8) is 0 Å². The van der Waals surface area contributed by atoms with Gasteiger partial charge in [-0.15, -0.1) is 0 Å². The number of aliphatic hydroxyl groups is 1. The summed E-state index contributed by atoms with van der Waals surface area (Å²) < 4.78 is 5.40. The van der Waals surface area contributed by atoms with Crippen molar-refractivity contribution in [1.29, 1.82) is 0 Å². The maximum Gasteiger partial charge on any atom is 0.257 e. The summed E-state index contributed by atoms with van der Waals surface area (Å²) in [6.07, 6.45) is 3.31. The van der Waals surface area contributed by atoms with Crippen LogP contribution in [0.2, 0.25) is 0 Å². The fourth-order valence-electron chi connectivity index (χ4n) is 2.85. The van der Waals surface area contributed by atoms with Gasteiger partial charge in [0.15, 0.2) is 0 Å². The Morgan fingerprint density at radius 3 is 2.84 bits per heavy atom.